The van der Waals surface area contributed by atoms with E-state index >= 15 is 0 Å². The van der Waals surface area contributed by atoms with Crippen LogP contribution < -0.4 is 9.47 Å². The summed E-state index contributed by atoms with van der Waals surface area (Å²) in [6, 6.07) is 3.68. The molecule has 0 saturated carbocycles. The molecule has 3 nitrogen and oxygen atoms in total. The van der Waals surface area contributed by atoms with E-state index < -0.39 is 6.10 Å². The minimum Gasteiger partial charge on any atom is -0.490 e. The molecule has 1 aromatic carbocycles. The number of benzene rings is 1. The maximum Gasteiger partial charge on any atom is 0.175 e. The average Bonchev–Trinajstić information content (AvgIpc) is 2.61. The second-order valence-corrected chi connectivity index (χ2v) is 4.99. The standard InChI is InChI=1S/C14H15BrO3/c1-2-3-5-12(16)10-8-11(15)14-13(9-10)17-6-4-7-18-14/h1,8-9,12,16H,3-7H2. The van der Waals surface area contributed by atoms with Crippen molar-refractivity contribution in [1.29, 1.82) is 0 Å². The molecule has 0 aliphatic carbocycles. The Kier molecular flexibility index (Phi) is 4.51. The lowest BCUT2D eigenvalue weighted by molar-refractivity contribution is 0.169. The van der Waals surface area contributed by atoms with E-state index in [2.05, 4.69) is 21.9 Å². The second kappa shape index (κ2) is 6.12. The van der Waals surface area contributed by atoms with Crippen molar-refractivity contribution in [3.63, 3.8) is 0 Å². The zero-order valence-corrected chi connectivity index (χ0v) is 11.6. The Hall–Kier alpha value is -1.18. The van der Waals surface area contributed by atoms with E-state index in [4.69, 9.17) is 15.9 Å². The molecule has 1 aromatic rings. The Bertz CT molecular complexity index is 465. The molecule has 0 aromatic heterocycles. The van der Waals surface area contributed by atoms with Gasteiger partial charge in [0.05, 0.1) is 23.8 Å². The predicted octanol–water partition coefficient (Wildman–Crippen LogP) is 3.06. The molecule has 0 bridgehead atoms. The quantitative estimate of drug-likeness (QED) is 0.872. The summed E-state index contributed by atoms with van der Waals surface area (Å²) in [6.07, 6.45) is 6.58. The summed E-state index contributed by atoms with van der Waals surface area (Å²) in [7, 11) is 0. The van der Waals surface area contributed by atoms with Gasteiger partial charge in [0.15, 0.2) is 11.5 Å². The Morgan fingerprint density at radius 1 is 1.39 bits per heavy atom. The fourth-order valence-corrected chi connectivity index (χ4v) is 2.40. The third-order valence-electron chi connectivity index (χ3n) is 2.77. The van der Waals surface area contributed by atoms with Crippen LogP contribution in [-0.2, 0) is 0 Å². The number of halogens is 1. The van der Waals surface area contributed by atoms with Gasteiger partial charge in [-0.15, -0.1) is 12.3 Å². The summed E-state index contributed by atoms with van der Waals surface area (Å²) in [4.78, 5) is 0. The molecule has 2 rings (SSSR count). The second-order valence-electron chi connectivity index (χ2n) is 4.14. The molecule has 0 fully saturated rings. The number of aliphatic hydroxyl groups is 1. The first-order valence-corrected chi connectivity index (χ1v) is 6.72. The van der Waals surface area contributed by atoms with E-state index in [-0.39, 0.29) is 0 Å². The van der Waals surface area contributed by atoms with E-state index in [1.165, 1.54) is 0 Å². The number of ether oxygens (including phenoxy) is 2. The lowest BCUT2D eigenvalue weighted by atomic mass is 10.0. The van der Waals surface area contributed by atoms with Gasteiger partial charge in [0.2, 0.25) is 0 Å². The van der Waals surface area contributed by atoms with Crippen LogP contribution >= 0.6 is 15.9 Å². The first kappa shape index (κ1) is 13.3. The van der Waals surface area contributed by atoms with E-state index in [0.29, 0.717) is 37.6 Å². The minimum absolute atomic E-state index is 0.544. The molecule has 4 heteroatoms. The molecule has 1 unspecified atom stereocenters. The molecule has 0 radical (unpaired) electrons. The van der Waals surface area contributed by atoms with Crippen LogP contribution in [0.25, 0.3) is 0 Å². The van der Waals surface area contributed by atoms with Gasteiger partial charge < -0.3 is 14.6 Å². The molecule has 1 N–H and O–H groups in total. The van der Waals surface area contributed by atoms with Gasteiger partial charge in [-0.25, -0.2) is 0 Å². The maximum atomic E-state index is 10.0. The monoisotopic (exact) mass is 310 g/mol. The van der Waals surface area contributed by atoms with Crippen LogP contribution in [0.3, 0.4) is 0 Å². The number of hydrogen-bond donors (Lipinski definition) is 1. The topological polar surface area (TPSA) is 38.7 Å². The fourth-order valence-electron chi connectivity index (χ4n) is 1.83. The fraction of sp³-hybridized carbons (Fsp3) is 0.429. The van der Waals surface area contributed by atoms with Crippen molar-refractivity contribution in [1.82, 2.24) is 0 Å². The maximum absolute atomic E-state index is 10.0. The first-order valence-electron chi connectivity index (χ1n) is 5.93. The molecular formula is C14H15BrO3. The van der Waals surface area contributed by atoms with Crippen molar-refractivity contribution >= 4 is 15.9 Å². The molecule has 0 saturated heterocycles. The number of terminal acetylenes is 1. The molecule has 1 atom stereocenters. The molecule has 0 amide bonds. The Labute approximate surface area is 115 Å². The van der Waals surface area contributed by atoms with Gasteiger partial charge in [-0.3, -0.25) is 0 Å². The van der Waals surface area contributed by atoms with Crippen LogP contribution in [0.15, 0.2) is 16.6 Å². The number of rotatable bonds is 3. The third-order valence-corrected chi connectivity index (χ3v) is 3.36. The Morgan fingerprint density at radius 3 is 2.94 bits per heavy atom. The normalized spacial score (nSPS) is 15.6. The van der Waals surface area contributed by atoms with E-state index in [1.807, 2.05) is 12.1 Å². The first-order chi connectivity index (χ1) is 8.72. The van der Waals surface area contributed by atoms with Crippen molar-refractivity contribution < 1.29 is 14.6 Å². The molecular weight excluding hydrogens is 296 g/mol. The highest BCUT2D eigenvalue weighted by molar-refractivity contribution is 9.10. The highest BCUT2D eigenvalue weighted by Gasteiger charge is 2.18. The summed E-state index contributed by atoms with van der Waals surface area (Å²) in [5, 5.41) is 10.0. The molecule has 1 aliphatic heterocycles. The summed E-state index contributed by atoms with van der Waals surface area (Å²) in [5.41, 5.74) is 0.793. The Morgan fingerprint density at radius 2 is 2.17 bits per heavy atom. The van der Waals surface area contributed by atoms with Crippen LogP contribution in [0.5, 0.6) is 11.5 Å². The number of aliphatic hydroxyl groups excluding tert-OH is 1. The zero-order valence-electron chi connectivity index (χ0n) is 9.99. The van der Waals surface area contributed by atoms with Crippen LogP contribution in [0.1, 0.15) is 30.9 Å². The van der Waals surface area contributed by atoms with Crippen molar-refractivity contribution in [2.75, 3.05) is 13.2 Å². The lowest BCUT2D eigenvalue weighted by Gasteiger charge is -2.15. The van der Waals surface area contributed by atoms with Gasteiger partial charge in [0.25, 0.3) is 0 Å². The van der Waals surface area contributed by atoms with Gasteiger partial charge in [0, 0.05) is 12.8 Å². The summed E-state index contributed by atoms with van der Waals surface area (Å²) < 4.78 is 12.0. The molecule has 18 heavy (non-hydrogen) atoms. The average molecular weight is 311 g/mol. The van der Waals surface area contributed by atoms with Crippen LogP contribution in [0, 0.1) is 12.3 Å². The SMILES string of the molecule is C#CCCC(O)c1cc(Br)c2c(c1)OCCCO2. The van der Waals surface area contributed by atoms with Crippen LogP contribution in [-0.4, -0.2) is 18.3 Å². The van der Waals surface area contributed by atoms with E-state index in [1.54, 1.807) is 0 Å². The number of hydrogen-bond acceptors (Lipinski definition) is 3. The lowest BCUT2D eigenvalue weighted by Crippen LogP contribution is -2.00. The van der Waals surface area contributed by atoms with Crippen molar-refractivity contribution in [2.45, 2.75) is 25.4 Å². The van der Waals surface area contributed by atoms with Gasteiger partial charge in [-0.1, -0.05) is 0 Å². The van der Waals surface area contributed by atoms with Crippen molar-refractivity contribution in [3.05, 3.63) is 22.2 Å². The molecule has 0 spiro atoms. The van der Waals surface area contributed by atoms with E-state index in [9.17, 15) is 5.11 Å². The van der Waals surface area contributed by atoms with Gasteiger partial charge >= 0.3 is 0 Å². The molecule has 1 heterocycles. The smallest absolute Gasteiger partial charge is 0.175 e. The Balaban J connectivity index is 2.26. The molecule has 96 valence electrons. The largest absolute Gasteiger partial charge is 0.490 e. The van der Waals surface area contributed by atoms with Crippen LogP contribution in [0.4, 0.5) is 0 Å². The van der Waals surface area contributed by atoms with Crippen LogP contribution in [0.2, 0.25) is 0 Å². The summed E-state index contributed by atoms with van der Waals surface area (Å²) in [5.74, 6) is 3.91. The molecule has 1 aliphatic rings. The highest BCUT2D eigenvalue weighted by atomic mass is 79.9. The predicted molar refractivity (Wildman–Crippen MR) is 72.8 cm³/mol. The van der Waals surface area contributed by atoms with Gasteiger partial charge in [0.1, 0.15) is 0 Å². The van der Waals surface area contributed by atoms with E-state index in [0.717, 1.165) is 16.5 Å². The van der Waals surface area contributed by atoms with Gasteiger partial charge in [-0.2, -0.15) is 0 Å². The van der Waals surface area contributed by atoms with Crippen molar-refractivity contribution in [3.8, 4) is 23.8 Å². The zero-order chi connectivity index (χ0) is 13.0. The minimum atomic E-state index is -0.575. The third kappa shape index (κ3) is 2.98. The number of fused-ring (bicyclic) bond motifs is 1. The summed E-state index contributed by atoms with van der Waals surface area (Å²) >= 11 is 3.45. The van der Waals surface area contributed by atoms with Crippen molar-refractivity contribution in [2.24, 2.45) is 0 Å². The summed E-state index contributed by atoms with van der Waals surface area (Å²) in [6.45, 7) is 1.27. The van der Waals surface area contributed by atoms with Gasteiger partial charge in [-0.05, 0) is 40.0 Å². The highest BCUT2D eigenvalue weighted by Crippen LogP contribution is 2.40.